The van der Waals surface area contributed by atoms with E-state index in [-0.39, 0.29) is 44.7 Å². The maximum atomic E-state index is 12.1. The van der Waals surface area contributed by atoms with E-state index in [4.69, 9.17) is 33.5 Å². The van der Waals surface area contributed by atoms with Crippen molar-refractivity contribution in [2.45, 2.75) is 43.5 Å². The van der Waals surface area contributed by atoms with Crippen molar-refractivity contribution >= 4 is 12.1 Å². The van der Waals surface area contributed by atoms with Crippen molar-refractivity contribution in [1.82, 2.24) is 5.32 Å². The Kier molecular flexibility index (Phi) is 9.04. The van der Waals surface area contributed by atoms with Gasteiger partial charge in [-0.05, 0) is 12.0 Å². The number of aliphatic hydroxyl groups excluding tert-OH is 1. The van der Waals surface area contributed by atoms with Crippen LogP contribution in [0, 0.1) is 0 Å². The SMILES string of the molecule is COC(=O)[C@H](CO[C@H]1CO[C@H]2[C@@H]1OC[C@@H]2OCCCO)NC(=O)OCc1ccccc1. The predicted octanol–water partition coefficient (Wildman–Crippen LogP) is 0.405. The minimum absolute atomic E-state index is 0.0595. The molecule has 0 aromatic heterocycles. The molecule has 5 atom stereocenters. The average molecular weight is 439 g/mol. The van der Waals surface area contributed by atoms with E-state index in [1.54, 1.807) is 0 Å². The summed E-state index contributed by atoms with van der Waals surface area (Å²) in [6, 6.07) is 8.16. The highest BCUT2D eigenvalue weighted by Gasteiger charge is 2.49. The highest BCUT2D eigenvalue weighted by Crippen LogP contribution is 2.30. The number of carbonyl (C=O) groups excluding carboxylic acids is 2. The number of amides is 1. The van der Waals surface area contributed by atoms with Gasteiger partial charge in [-0.25, -0.2) is 9.59 Å². The van der Waals surface area contributed by atoms with Crippen molar-refractivity contribution in [3.8, 4) is 0 Å². The van der Waals surface area contributed by atoms with Crippen LogP contribution in [0.1, 0.15) is 12.0 Å². The number of alkyl carbamates (subject to hydrolysis) is 1. The molecule has 0 spiro atoms. The number of esters is 1. The second-order valence-electron chi connectivity index (χ2n) is 7.24. The molecule has 31 heavy (non-hydrogen) atoms. The quantitative estimate of drug-likeness (QED) is 0.373. The van der Waals surface area contributed by atoms with Gasteiger partial charge in [0, 0.05) is 13.2 Å². The highest BCUT2D eigenvalue weighted by molar-refractivity contribution is 5.81. The van der Waals surface area contributed by atoms with Gasteiger partial charge >= 0.3 is 12.1 Å². The van der Waals surface area contributed by atoms with Crippen molar-refractivity contribution < 1.29 is 43.1 Å². The molecule has 1 aromatic rings. The number of hydrogen-bond donors (Lipinski definition) is 2. The van der Waals surface area contributed by atoms with Crippen LogP contribution in [0.5, 0.6) is 0 Å². The van der Waals surface area contributed by atoms with Crippen LogP contribution in [-0.2, 0) is 39.8 Å². The van der Waals surface area contributed by atoms with Gasteiger partial charge in [0.1, 0.15) is 31.0 Å². The molecule has 1 amide bonds. The summed E-state index contributed by atoms with van der Waals surface area (Å²) < 4.78 is 32.9. The monoisotopic (exact) mass is 439 g/mol. The number of methoxy groups -OCH3 is 1. The third kappa shape index (κ3) is 6.62. The summed E-state index contributed by atoms with van der Waals surface area (Å²) in [4.78, 5) is 24.2. The Morgan fingerprint density at radius 2 is 1.81 bits per heavy atom. The Morgan fingerprint density at radius 1 is 1.13 bits per heavy atom. The topological polar surface area (TPSA) is 122 Å². The molecule has 10 nitrogen and oxygen atoms in total. The summed E-state index contributed by atoms with van der Waals surface area (Å²) in [6.45, 7) is 1.08. The number of benzene rings is 1. The number of fused-ring (bicyclic) bond motifs is 1. The molecular formula is C21H29NO9. The molecule has 10 heteroatoms. The van der Waals surface area contributed by atoms with Crippen molar-refractivity contribution in [3.63, 3.8) is 0 Å². The highest BCUT2D eigenvalue weighted by atomic mass is 16.6. The Bertz CT molecular complexity index is 701. The minimum atomic E-state index is -1.04. The van der Waals surface area contributed by atoms with Gasteiger partial charge in [0.2, 0.25) is 0 Å². The van der Waals surface area contributed by atoms with Gasteiger partial charge in [-0.3, -0.25) is 0 Å². The van der Waals surface area contributed by atoms with Crippen LogP contribution in [0.2, 0.25) is 0 Å². The third-order valence-corrected chi connectivity index (χ3v) is 5.06. The molecule has 0 saturated carbocycles. The van der Waals surface area contributed by atoms with Gasteiger partial charge in [-0.15, -0.1) is 0 Å². The number of carbonyl (C=O) groups is 2. The fourth-order valence-corrected chi connectivity index (χ4v) is 3.45. The number of ether oxygens (including phenoxy) is 6. The second-order valence-corrected chi connectivity index (χ2v) is 7.24. The van der Waals surface area contributed by atoms with Gasteiger partial charge < -0.3 is 38.8 Å². The Balaban J connectivity index is 1.46. The number of rotatable bonds is 11. The summed E-state index contributed by atoms with van der Waals surface area (Å²) in [7, 11) is 1.23. The number of hydrogen-bond acceptors (Lipinski definition) is 9. The lowest BCUT2D eigenvalue weighted by atomic mass is 10.1. The first kappa shape index (κ1) is 23.4. The minimum Gasteiger partial charge on any atom is -0.467 e. The molecule has 1 aromatic carbocycles. The molecule has 172 valence electrons. The molecule has 0 unspecified atom stereocenters. The zero-order valence-corrected chi connectivity index (χ0v) is 17.4. The lowest BCUT2D eigenvalue weighted by molar-refractivity contribution is -0.146. The summed E-state index contributed by atoms with van der Waals surface area (Å²) >= 11 is 0. The van der Waals surface area contributed by atoms with Crippen molar-refractivity contribution in [3.05, 3.63) is 35.9 Å². The molecule has 2 N–H and O–H groups in total. The first-order valence-electron chi connectivity index (χ1n) is 10.2. The lowest BCUT2D eigenvalue weighted by Crippen LogP contribution is -2.46. The summed E-state index contributed by atoms with van der Waals surface area (Å²) in [5.41, 5.74) is 0.826. The molecule has 2 saturated heterocycles. The van der Waals surface area contributed by atoms with Crippen molar-refractivity contribution in [2.24, 2.45) is 0 Å². The van der Waals surface area contributed by atoms with Gasteiger partial charge in [-0.1, -0.05) is 30.3 Å². The first-order valence-corrected chi connectivity index (χ1v) is 10.2. The van der Waals surface area contributed by atoms with Crippen LogP contribution in [0.25, 0.3) is 0 Å². The van der Waals surface area contributed by atoms with Gasteiger partial charge in [0.15, 0.2) is 6.04 Å². The van der Waals surface area contributed by atoms with E-state index in [1.165, 1.54) is 7.11 Å². The van der Waals surface area contributed by atoms with Crippen LogP contribution in [0.4, 0.5) is 4.79 Å². The lowest BCUT2D eigenvalue weighted by Gasteiger charge is -2.21. The van der Waals surface area contributed by atoms with Crippen LogP contribution in [-0.4, -0.2) is 87.8 Å². The van der Waals surface area contributed by atoms with E-state index in [0.29, 0.717) is 19.6 Å². The van der Waals surface area contributed by atoms with Crippen molar-refractivity contribution in [1.29, 1.82) is 0 Å². The molecular weight excluding hydrogens is 410 g/mol. The van der Waals surface area contributed by atoms with Gasteiger partial charge in [0.05, 0.1) is 26.9 Å². The molecule has 0 aliphatic carbocycles. The molecule has 2 aliphatic rings. The maximum absolute atomic E-state index is 12.1. The smallest absolute Gasteiger partial charge is 0.408 e. The second kappa shape index (κ2) is 12.0. The predicted molar refractivity (Wildman–Crippen MR) is 106 cm³/mol. The zero-order chi connectivity index (χ0) is 22.1. The Morgan fingerprint density at radius 3 is 2.45 bits per heavy atom. The van der Waals surface area contributed by atoms with E-state index in [2.05, 4.69) is 5.32 Å². The molecule has 2 fully saturated rings. The van der Waals surface area contributed by atoms with E-state index in [9.17, 15) is 9.59 Å². The Hall–Kier alpha value is -2.24. The fraction of sp³-hybridized carbons (Fsp3) is 0.619. The fourth-order valence-electron chi connectivity index (χ4n) is 3.45. The summed E-state index contributed by atoms with van der Waals surface area (Å²) in [5.74, 6) is -0.648. The number of nitrogens with one attached hydrogen (secondary N) is 1. The molecule has 0 radical (unpaired) electrons. The zero-order valence-electron chi connectivity index (χ0n) is 17.4. The standard InChI is InChI=1S/C21H29NO9/c1-26-20(24)15(22-21(25)31-10-14-6-3-2-4-7-14)11-28-17-13-30-18-16(12-29-19(17)18)27-9-5-8-23/h2-4,6-7,15-19,23H,5,8-13H2,1H3,(H,22,25)/t15-,16-,17-,18+,19+/m0/s1. The van der Waals surface area contributed by atoms with E-state index >= 15 is 0 Å². The van der Waals surface area contributed by atoms with E-state index < -0.39 is 24.2 Å². The van der Waals surface area contributed by atoms with E-state index in [0.717, 1.165) is 5.56 Å². The largest absolute Gasteiger partial charge is 0.467 e. The van der Waals surface area contributed by atoms with Crippen LogP contribution >= 0.6 is 0 Å². The van der Waals surface area contributed by atoms with Gasteiger partial charge in [0.25, 0.3) is 0 Å². The van der Waals surface area contributed by atoms with E-state index in [1.807, 2.05) is 30.3 Å². The normalized spacial score (nSPS) is 25.6. The summed E-state index contributed by atoms with van der Waals surface area (Å²) in [6.07, 6.45) is -1.46. The Labute approximate surface area is 180 Å². The maximum Gasteiger partial charge on any atom is 0.408 e. The van der Waals surface area contributed by atoms with Crippen molar-refractivity contribution in [2.75, 3.05) is 40.1 Å². The third-order valence-electron chi connectivity index (χ3n) is 5.06. The van der Waals surface area contributed by atoms with Crippen LogP contribution in [0.15, 0.2) is 30.3 Å². The van der Waals surface area contributed by atoms with Crippen LogP contribution in [0.3, 0.4) is 0 Å². The average Bonchev–Trinajstić information content (AvgIpc) is 3.38. The van der Waals surface area contributed by atoms with Crippen LogP contribution < -0.4 is 5.32 Å². The molecule has 2 heterocycles. The van der Waals surface area contributed by atoms with Gasteiger partial charge in [-0.2, -0.15) is 0 Å². The molecule has 2 aliphatic heterocycles. The first-order chi connectivity index (χ1) is 15.1. The molecule has 0 bridgehead atoms. The molecule has 3 rings (SSSR count). The summed E-state index contributed by atoms with van der Waals surface area (Å²) in [5, 5.41) is 11.3. The number of aliphatic hydroxyl groups is 1.